The fourth-order valence-corrected chi connectivity index (χ4v) is 5.79. The Morgan fingerprint density at radius 1 is 1.24 bits per heavy atom. The van der Waals surface area contributed by atoms with Gasteiger partial charge in [-0.05, 0) is 24.3 Å². The van der Waals surface area contributed by atoms with Gasteiger partial charge in [0.2, 0.25) is 5.69 Å². The van der Waals surface area contributed by atoms with Crippen LogP contribution < -0.4 is 24.2 Å². The van der Waals surface area contributed by atoms with Crippen molar-refractivity contribution in [2.45, 2.75) is 17.6 Å². The van der Waals surface area contributed by atoms with Crippen molar-refractivity contribution in [3.8, 4) is 0 Å². The van der Waals surface area contributed by atoms with Gasteiger partial charge in [0.25, 0.3) is 5.56 Å². The largest absolute Gasteiger partial charge is 0.468 e. The zero-order chi connectivity index (χ0) is 23.9. The molecule has 3 heterocycles. The van der Waals surface area contributed by atoms with Gasteiger partial charge in [-0.25, -0.2) is 4.57 Å². The van der Waals surface area contributed by atoms with Gasteiger partial charge in [0.05, 0.1) is 18.4 Å². The van der Waals surface area contributed by atoms with Crippen LogP contribution in [0.1, 0.15) is 11.3 Å². The Kier molecular flexibility index (Phi) is 6.10. The van der Waals surface area contributed by atoms with Gasteiger partial charge in [-0.15, -0.1) is 11.3 Å². The Labute approximate surface area is 194 Å². The first-order valence-electron chi connectivity index (χ1n) is 9.70. The minimum absolute atomic E-state index is 0.277. The summed E-state index contributed by atoms with van der Waals surface area (Å²) in [5.41, 5.74) is 0.228. The highest BCUT2D eigenvalue weighted by atomic mass is 32.2. The van der Waals surface area contributed by atoms with Crippen molar-refractivity contribution < 1.29 is 27.3 Å². The van der Waals surface area contributed by atoms with Crippen LogP contribution in [0.4, 0.5) is 18.9 Å². The predicted molar refractivity (Wildman–Crippen MR) is 120 cm³/mol. The molecule has 0 bridgehead atoms. The van der Waals surface area contributed by atoms with E-state index < -0.39 is 23.3 Å². The fraction of sp³-hybridized carbons (Fsp3) is 0.227. The fourth-order valence-electron chi connectivity index (χ4n) is 3.35. The molecule has 1 aliphatic rings. The Bertz CT molecular complexity index is 1430. The molecular formula is C22H19F3N3O3S2+. The lowest BCUT2D eigenvalue weighted by atomic mass is 10.2. The second-order valence-electron chi connectivity index (χ2n) is 7.26. The number of aryl methyl sites for hydroxylation is 1. The maximum atomic E-state index is 13.3. The number of thioether (sulfide) groups is 1. The number of aromatic nitrogens is 2. The van der Waals surface area contributed by atoms with Gasteiger partial charge in [0, 0.05) is 30.2 Å². The molecule has 0 saturated carbocycles. The van der Waals surface area contributed by atoms with Crippen LogP contribution in [0.2, 0.25) is 0 Å². The monoisotopic (exact) mass is 494 g/mol. The first-order valence-corrected chi connectivity index (χ1v) is 11.3. The smallest absolute Gasteiger partial charge is 0.416 e. The number of anilines is 1. The highest BCUT2D eigenvalue weighted by Gasteiger charge is 2.33. The van der Waals surface area contributed by atoms with E-state index in [1.54, 1.807) is 18.0 Å². The van der Waals surface area contributed by atoms with Gasteiger partial charge in [-0.3, -0.25) is 14.2 Å². The number of fused-ring (bicyclic) bond motifs is 1. The number of esters is 1. The summed E-state index contributed by atoms with van der Waals surface area (Å²) in [4.78, 5) is 27.4. The van der Waals surface area contributed by atoms with E-state index in [0.717, 1.165) is 29.6 Å². The average molecular weight is 495 g/mol. The molecular weight excluding hydrogens is 475 g/mol. The van der Waals surface area contributed by atoms with Crippen LogP contribution in [0.5, 0.6) is 0 Å². The summed E-state index contributed by atoms with van der Waals surface area (Å²) >= 11 is 2.28. The number of halogens is 3. The first kappa shape index (κ1) is 23.1. The van der Waals surface area contributed by atoms with Gasteiger partial charge in [0.1, 0.15) is 27.8 Å². The van der Waals surface area contributed by atoms with Crippen molar-refractivity contribution in [3.05, 3.63) is 73.4 Å². The summed E-state index contributed by atoms with van der Waals surface area (Å²) in [6.07, 6.45) is -0.818. The topological polar surface area (TPSA) is 55.4 Å². The Morgan fingerprint density at radius 3 is 2.67 bits per heavy atom. The van der Waals surface area contributed by atoms with Crippen LogP contribution in [0.15, 0.2) is 52.3 Å². The summed E-state index contributed by atoms with van der Waals surface area (Å²) in [5.74, 6) is -0.580. The minimum atomic E-state index is -4.46. The quantitative estimate of drug-likeness (QED) is 0.412. The maximum Gasteiger partial charge on any atom is 0.416 e. The van der Waals surface area contributed by atoms with Gasteiger partial charge < -0.3 is 9.64 Å². The Morgan fingerprint density at radius 2 is 2.00 bits per heavy atom. The number of methoxy groups -OCH3 is 1. The SMILES string of the molecule is COC(=O)Cn1c(=Cc2cccc[n+]2C)sc(=C2Sc3cc(C(F)(F)F)ccc3N2C)c1=O. The second-order valence-corrected chi connectivity index (χ2v) is 9.33. The Hall–Kier alpha value is -3.05. The third-order valence-electron chi connectivity index (χ3n) is 5.15. The minimum Gasteiger partial charge on any atom is -0.468 e. The molecule has 3 aromatic rings. The van der Waals surface area contributed by atoms with E-state index in [-0.39, 0.29) is 6.54 Å². The van der Waals surface area contributed by atoms with Crippen molar-refractivity contribution in [2.24, 2.45) is 7.05 Å². The molecule has 0 fully saturated rings. The molecule has 33 heavy (non-hydrogen) atoms. The molecule has 11 heteroatoms. The molecule has 0 atom stereocenters. The number of nitrogens with zero attached hydrogens (tertiary/aromatic N) is 3. The van der Waals surface area contributed by atoms with Crippen molar-refractivity contribution in [3.63, 3.8) is 0 Å². The lowest BCUT2D eigenvalue weighted by molar-refractivity contribution is -0.673. The molecule has 0 radical (unpaired) electrons. The average Bonchev–Trinajstić information content (AvgIpc) is 3.25. The third kappa shape index (κ3) is 4.42. The number of ether oxygens (including phenoxy) is 1. The van der Waals surface area contributed by atoms with Gasteiger partial charge >= 0.3 is 12.1 Å². The van der Waals surface area contributed by atoms with Crippen LogP contribution in [0.25, 0.3) is 11.1 Å². The zero-order valence-electron chi connectivity index (χ0n) is 17.8. The van der Waals surface area contributed by atoms with E-state index >= 15 is 0 Å². The number of alkyl halides is 3. The van der Waals surface area contributed by atoms with E-state index in [0.29, 0.717) is 24.8 Å². The van der Waals surface area contributed by atoms with Gasteiger partial charge in [0.15, 0.2) is 6.20 Å². The van der Waals surface area contributed by atoms with Crippen molar-refractivity contribution >= 4 is 45.9 Å². The summed E-state index contributed by atoms with van der Waals surface area (Å²) in [6.45, 7) is -0.277. The molecule has 2 aromatic heterocycles. The molecule has 0 spiro atoms. The summed E-state index contributed by atoms with van der Waals surface area (Å²) in [7, 11) is 4.80. The lowest BCUT2D eigenvalue weighted by Crippen LogP contribution is -2.37. The maximum absolute atomic E-state index is 13.3. The van der Waals surface area contributed by atoms with E-state index in [1.165, 1.54) is 29.1 Å². The van der Waals surface area contributed by atoms with Crippen LogP contribution in [0.3, 0.4) is 0 Å². The van der Waals surface area contributed by atoms with Crippen molar-refractivity contribution in [1.82, 2.24) is 4.57 Å². The van der Waals surface area contributed by atoms with Crippen LogP contribution in [0, 0.1) is 0 Å². The van der Waals surface area contributed by atoms with Crippen LogP contribution in [-0.4, -0.2) is 24.7 Å². The summed E-state index contributed by atoms with van der Waals surface area (Å²) in [5, 5.41) is 0.509. The van der Waals surface area contributed by atoms with Gasteiger partial charge in [-0.2, -0.15) is 13.2 Å². The van der Waals surface area contributed by atoms with Crippen LogP contribution >= 0.6 is 23.1 Å². The number of pyridine rings is 1. The molecule has 172 valence electrons. The number of rotatable bonds is 3. The molecule has 0 aliphatic carbocycles. The standard InChI is InChI=1S/C22H19F3N3O3S2/c1-26-9-5-4-6-14(26)11-17-28(12-18(29)31-3)20(30)19(33-17)21-27(2)15-8-7-13(22(23,24)25)10-16(15)32-21/h4-11H,12H2,1-3H3/q+1. The van der Waals surface area contributed by atoms with Gasteiger partial charge in [-0.1, -0.05) is 11.8 Å². The molecule has 0 unspecified atom stereocenters. The van der Waals surface area contributed by atoms with E-state index in [2.05, 4.69) is 0 Å². The number of thiazole rings is 1. The number of carbonyl (C=O) groups excluding carboxylic acids is 1. The molecule has 0 amide bonds. The number of hydrogen-bond acceptors (Lipinski definition) is 6. The molecule has 0 saturated heterocycles. The highest BCUT2D eigenvalue weighted by Crippen LogP contribution is 2.47. The zero-order valence-corrected chi connectivity index (χ0v) is 19.5. The Balaban J connectivity index is 1.92. The van der Waals surface area contributed by atoms with Crippen molar-refractivity contribution in [1.29, 1.82) is 0 Å². The highest BCUT2D eigenvalue weighted by molar-refractivity contribution is 8.08. The summed E-state index contributed by atoms with van der Waals surface area (Å²) < 4.78 is 48.3. The molecule has 4 rings (SSSR count). The number of carbonyl (C=O) groups is 1. The molecule has 0 N–H and O–H groups in total. The molecule has 6 nitrogen and oxygen atoms in total. The van der Waals surface area contributed by atoms with Crippen molar-refractivity contribution in [2.75, 3.05) is 19.1 Å². The second kappa shape index (κ2) is 8.71. The molecule has 1 aromatic carbocycles. The normalized spacial score (nSPS) is 15.7. The van der Waals surface area contributed by atoms with E-state index in [1.807, 2.05) is 36.0 Å². The number of hydrogen-bond donors (Lipinski definition) is 0. The third-order valence-corrected chi connectivity index (χ3v) is 7.61. The van der Waals surface area contributed by atoms with Crippen LogP contribution in [-0.2, 0) is 29.3 Å². The van der Waals surface area contributed by atoms with E-state index in [4.69, 9.17) is 4.74 Å². The lowest BCUT2D eigenvalue weighted by Gasteiger charge is -2.13. The van der Waals surface area contributed by atoms with E-state index in [9.17, 15) is 22.8 Å². The summed E-state index contributed by atoms with van der Waals surface area (Å²) in [6, 6.07) is 9.09. The predicted octanol–water partition coefficient (Wildman–Crippen LogP) is 2.06. The molecule has 1 aliphatic heterocycles. The first-order chi connectivity index (χ1) is 15.6. The number of benzene rings is 1.